The third kappa shape index (κ3) is 2.75. The van der Waals surface area contributed by atoms with Crippen LogP contribution in [0.3, 0.4) is 0 Å². The first-order valence-electron chi connectivity index (χ1n) is 5.15. The first kappa shape index (κ1) is 12.3. The molecule has 0 radical (unpaired) electrons. The van der Waals surface area contributed by atoms with Gasteiger partial charge in [-0.15, -0.1) is 0 Å². The molecule has 2 N–H and O–H groups in total. The van der Waals surface area contributed by atoms with Crippen molar-refractivity contribution >= 4 is 23.3 Å². The predicted molar refractivity (Wildman–Crippen MR) is 67.8 cm³/mol. The predicted octanol–water partition coefficient (Wildman–Crippen LogP) is 2.40. The van der Waals surface area contributed by atoms with Crippen molar-refractivity contribution in [1.29, 1.82) is 0 Å². The summed E-state index contributed by atoms with van der Waals surface area (Å²) in [5.74, 6) is -0.255. The van der Waals surface area contributed by atoms with E-state index in [9.17, 15) is 9.90 Å². The number of aryl methyl sites for hydroxylation is 1. The van der Waals surface area contributed by atoms with Crippen LogP contribution in [0, 0.1) is 6.92 Å². The van der Waals surface area contributed by atoms with Gasteiger partial charge in [-0.3, -0.25) is 4.79 Å². The Balaban J connectivity index is 2.22. The summed E-state index contributed by atoms with van der Waals surface area (Å²) < 4.78 is 0. The molecule has 0 saturated heterocycles. The number of carbonyl (C=O) groups is 1. The molecule has 2 rings (SSSR count). The standard InChI is InChI=1S/C12H10ClN3O2/c1-7-2-3-8(9(17)4-7)12(18)16-11-5-10(13)14-6-15-11/h2-6,17H,1H3,(H,14,15,16,18). The quantitative estimate of drug-likeness (QED) is 0.816. The molecule has 1 amide bonds. The van der Waals surface area contributed by atoms with Gasteiger partial charge in [0.1, 0.15) is 23.0 Å². The Kier molecular flexibility index (Phi) is 3.43. The lowest BCUT2D eigenvalue weighted by Crippen LogP contribution is -2.13. The lowest BCUT2D eigenvalue weighted by atomic mass is 10.1. The highest BCUT2D eigenvalue weighted by molar-refractivity contribution is 6.29. The van der Waals surface area contributed by atoms with Crippen molar-refractivity contribution in [2.75, 3.05) is 5.32 Å². The maximum atomic E-state index is 11.9. The number of rotatable bonds is 2. The van der Waals surface area contributed by atoms with Crippen LogP contribution in [0.2, 0.25) is 5.15 Å². The number of aromatic hydroxyl groups is 1. The van der Waals surface area contributed by atoms with Crippen LogP contribution in [0.1, 0.15) is 15.9 Å². The van der Waals surface area contributed by atoms with Crippen molar-refractivity contribution in [3.8, 4) is 5.75 Å². The number of aromatic nitrogens is 2. The number of benzene rings is 1. The molecule has 92 valence electrons. The molecule has 0 spiro atoms. The summed E-state index contributed by atoms with van der Waals surface area (Å²) in [5, 5.41) is 12.4. The SMILES string of the molecule is Cc1ccc(C(=O)Nc2cc(Cl)ncn2)c(O)c1. The van der Waals surface area contributed by atoms with Crippen LogP contribution in [0.4, 0.5) is 5.82 Å². The first-order chi connectivity index (χ1) is 8.56. The molecule has 1 heterocycles. The third-order valence-corrected chi connectivity index (χ3v) is 2.48. The number of phenolic OH excluding ortho intramolecular Hbond substituents is 1. The zero-order valence-corrected chi connectivity index (χ0v) is 10.3. The molecule has 0 saturated carbocycles. The van der Waals surface area contributed by atoms with E-state index in [0.717, 1.165) is 5.56 Å². The summed E-state index contributed by atoms with van der Waals surface area (Å²) in [7, 11) is 0. The van der Waals surface area contributed by atoms with E-state index >= 15 is 0 Å². The molecule has 0 bridgehead atoms. The summed E-state index contributed by atoms with van der Waals surface area (Å²) >= 11 is 5.67. The smallest absolute Gasteiger partial charge is 0.260 e. The third-order valence-electron chi connectivity index (χ3n) is 2.27. The molecule has 0 aliphatic carbocycles. The highest BCUT2D eigenvalue weighted by atomic mass is 35.5. The number of carbonyl (C=O) groups excluding carboxylic acids is 1. The molecule has 0 aliphatic rings. The minimum atomic E-state index is -0.456. The second kappa shape index (κ2) is 5.01. The monoisotopic (exact) mass is 263 g/mol. The number of amides is 1. The number of phenols is 1. The van der Waals surface area contributed by atoms with Crippen molar-refractivity contribution in [2.24, 2.45) is 0 Å². The number of anilines is 1. The van der Waals surface area contributed by atoms with Crippen LogP contribution < -0.4 is 5.32 Å². The van der Waals surface area contributed by atoms with Gasteiger partial charge in [-0.1, -0.05) is 17.7 Å². The molecule has 18 heavy (non-hydrogen) atoms. The molecule has 2 aromatic rings. The normalized spacial score (nSPS) is 10.1. The Bertz CT molecular complexity index is 602. The Hall–Kier alpha value is -2.14. The Morgan fingerprint density at radius 3 is 2.78 bits per heavy atom. The maximum absolute atomic E-state index is 11.9. The maximum Gasteiger partial charge on any atom is 0.260 e. The molecular weight excluding hydrogens is 254 g/mol. The van der Waals surface area contributed by atoms with Gasteiger partial charge in [-0.2, -0.15) is 0 Å². The lowest BCUT2D eigenvalue weighted by molar-refractivity contribution is 0.102. The second-order valence-electron chi connectivity index (χ2n) is 3.70. The van der Waals surface area contributed by atoms with E-state index in [1.807, 2.05) is 6.92 Å². The van der Waals surface area contributed by atoms with Gasteiger partial charge in [-0.05, 0) is 24.6 Å². The van der Waals surface area contributed by atoms with E-state index in [4.69, 9.17) is 11.6 Å². The average Bonchev–Trinajstić information content (AvgIpc) is 2.28. The van der Waals surface area contributed by atoms with Gasteiger partial charge in [0.25, 0.3) is 5.91 Å². The van der Waals surface area contributed by atoms with Crippen molar-refractivity contribution in [2.45, 2.75) is 6.92 Å². The van der Waals surface area contributed by atoms with Gasteiger partial charge in [0.05, 0.1) is 5.56 Å². The molecule has 6 heteroatoms. The molecule has 0 unspecified atom stereocenters. The van der Waals surface area contributed by atoms with Crippen molar-refractivity contribution in [3.05, 3.63) is 46.9 Å². The van der Waals surface area contributed by atoms with Crippen molar-refractivity contribution in [1.82, 2.24) is 9.97 Å². The van der Waals surface area contributed by atoms with Gasteiger partial charge in [0, 0.05) is 6.07 Å². The van der Waals surface area contributed by atoms with E-state index < -0.39 is 5.91 Å². The highest BCUT2D eigenvalue weighted by Crippen LogP contribution is 2.19. The number of hydrogen-bond donors (Lipinski definition) is 2. The lowest BCUT2D eigenvalue weighted by Gasteiger charge is -2.06. The number of nitrogens with zero attached hydrogens (tertiary/aromatic N) is 2. The summed E-state index contributed by atoms with van der Waals surface area (Å²) in [5.41, 5.74) is 1.05. The summed E-state index contributed by atoms with van der Waals surface area (Å²) in [6.45, 7) is 1.82. The van der Waals surface area contributed by atoms with Crippen LogP contribution in [0.5, 0.6) is 5.75 Å². The minimum Gasteiger partial charge on any atom is -0.507 e. The molecule has 0 atom stereocenters. The molecule has 0 aliphatic heterocycles. The molecule has 5 nitrogen and oxygen atoms in total. The molecule has 0 fully saturated rings. The first-order valence-corrected chi connectivity index (χ1v) is 5.52. The zero-order chi connectivity index (χ0) is 13.1. The fraction of sp³-hybridized carbons (Fsp3) is 0.0833. The Morgan fingerprint density at radius 1 is 1.33 bits per heavy atom. The largest absolute Gasteiger partial charge is 0.507 e. The molecule has 1 aromatic carbocycles. The average molecular weight is 264 g/mol. The molecule has 1 aromatic heterocycles. The number of halogens is 1. The summed E-state index contributed by atoms with van der Waals surface area (Å²) in [4.78, 5) is 19.4. The minimum absolute atomic E-state index is 0.0762. The number of hydrogen-bond acceptors (Lipinski definition) is 4. The van der Waals surface area contributed by atoms with E-state index in [-0.39, 0.29) is 22.3 Å². The van der Waals surface area contributed by atoms with Crippen LogP contribution in [-0.2, 0) is 0 Å². The summed E-state index contributed by atoms with van der Waals surface area (Å²) in [6, 6.07) is 6.22. The Morgan fingerprint density at radius 2 is 2.11 bits per heavy atom. The van der Waals surface area contributed by atoms with Crippen LogP contribution in [-0.4, -0.2) is 21.0 Å². The zero-order valence-electron chi connectivity index (χ0n) is 9.51. The van der Waals surface area contributed by atoms with E-state index in [1.54, 1.807) is 12.1 Å². The van der Waals surface area contributed by atoms with Gasteiger partial charge in [0.15, 0.2) is 0 Å². The van der Waals surface area contributed by atoms with Gasteiger partial charge >= 0.3 is 0 Å². The van der Waals surface area contributed by atoms with Crippen molar-refractivity contribution < 1.29 is 9.90 Å². The topological polar surface area (TPSA) is 75.1 Å². The summed E-state index contributed by atoms with van der Waals surface area (Å²) in [6.07, 6.45) is 1.24. The van der Waals surface area contributed by atoms with Gasteiger partial charge in [-0.25, -0.2) is 9.97 Å². The van der Waals surface area contributed by atoms with Crippen LogP contribution >= 0.6 is 11.6 Å². The fourth-order valence-electron chi connectivity index (χ4n) is 1.42. The van der Waals surface area contributed by atoms with Gasteiger partial charge < -0.3 is 10.4 Å². The Labute approximate surface area is 108 Å². The van der Waals surface area contributed by atoms with E-state index in [1.165, 1.54) is 18.5 Å². The fourth-order valence-corrected chi connectivity index (χ4v) is 1.57. The number of nitrogens with one attached hydrogen (secondary N) is 1. The second-order valence-corrected chi connectivity index (χ2v) is 4.09. The highest BCUT2D eigenvalue weighted by Gasteiger charge is 2.11. The van der Waals surface area contributed by atoms with Crippen molar-refractivity contribution in [3.63, 3.8) is 0 Å². The van der Waals surface area contributed by atoms with Crippen LogP contribution in [0.25, 0.3) is 0 Å². The van der Waals surface area contributed by atoms with E-state index in [2.05, 4.69) is 15.3 Å². The van der Waals surface area contributed by atoms with Gasteiger partial charge in [0.2, 0.25) is 0 Å². The molecular formula is C12H10ClN3O2. The van der Waals surface area contributed by atoms with E-state index in [0.29, 0.717) is 0 Å². The van der Waals surface area contributed by atoms with Crippen LogP contribution in [0.15, 0.2) is 30.6 Å².